The number of ether oxygens (including phenoxy) is 1. The zero-order valence-corrected chi connectivity index (χ0v) is 19.6. The van der Waals surface area contributed by atoms with E-state index in [0.717, 1.165) is 26.2 Å². The van der Waals surface area contributed by atoms with Crippen LogP contribution in [0.4, 0.5) is 10.5 Å². The maximum Gasteiger partial charge on any atom is 0.415 e. The van der Waals surface area contributed by atoms with Crippen molar-refractivity contribution in [3.63, 3.8) is 0 Å². The number of carbonyl (C=O) groups is 2. The number of nitrogens with zero attached hydrogens (tertiary/aromatic N) is 5. The van der Waals surface area contributed by atoms with Crippen LogP contribution in [0.15, 0.2) is 24.5 Å². The monoisotopic (exact) mass is 431 g/mol. The molecule has 0 N–H and O–H groups in total. The van der Waals surface area contributed by atoms with Gasteiger partial charge in [-0.1, -0.05) is 0 Å². The van der Waals surface area contributed by atoms with Crippen molar-refractivity contribution >= 4 is 17.7 Å². The summed E-state index contributed by atoms with van der Waals surface area (Å²) in [5, 5.41) is 0. The minimum atomic E-state index is -0.660. The van der Waals surface area contributed by atoms with Crippen LogP contribution >= 0.6 is 0 Å². The van der Waals surface area contributed by atoms with Crippen molar-refractivity contribution < 1.29 is 14.3 Å². The van der Waals surface area contributed by atoms with E-state index < -0.39 is 17.7 Å². The number of carbonyl (C=O) groups excluding carboxylic acids is 2. The summed E-state index contributed by atoms with van der Waals surface area (Å²) in [5.41, 5.74) is -0.0415. The Bertz CT molecular complexity index is 735. The second-order valence-corrected chi connectivity index (χ2v) is 9.63. The van der Waals surface area contributed by atoms with Gasteiger partial charge in [0.1, 0.15) is 11.6 Å². The van der Waals surface area contributed by atoms with Gasteiger partial charge in [0.2, 0.25) is 5.91 Å². The van der Waals surface area contributed by atoms with E-state index in [1.54, 1.807) is 31.5 Å². The SMILES string of the molecule is C[C@H](C(=O)N1CCN(C2CCN(C)CC2)CC1)N(C(=O)OC(C)(C)C)c1ccncc1. The number of likely N-dealkylation sites (tertiary alicyclic amines) is 1. The van der Waals surface area contributed by atoms with Crippen molar-refractivity contribution in [3.05, 3.63) is 24.5 Å². The fraction of sp³-hybridized carbons (Fsp3) is 0.696. The number of piperazine rings is 1. The largest absolute Gasteiger partial charge is 0.443 e. The van der Waals surface area contributed by atoms with E-state index in [0.29, 0.717) is 24.8 Å². The molecule has 1 atom stereocenters. The van der Waals surface area contributed by atoms with Crippen molar-refractivity contribution in [3.8, 4) is 0 Å². The van der Waals surface area contributed by atoms with Crippen LogP contribution in [0.1, 0.15) is 40.5 Å². The van der Waals surface area contributed by atoms with E-state index in [1.165, 1.54) is 17.7 Å². The molecular weight excluding hydrogens is 394 g/mol. The van der Waals surface area contributed by atoms with Gasteiger partial charge in [-0.2, -0.15) is 0 Å². The lowest BCUT2D eigenvalue weighted by Gasteiger charge is -2.43. The quantitative estimate of drug-likeness (QED) is 0.729. The molecule has 1 aromatic heterocycles. The molecule has 31 heavy (non-hydrogen) atoms. The van der Waals surface area contributed by atoms with Crippen LogP contribution in [-0.4, -0.2) is 95.7 Å². The molecule has 0 aliphatic carbocycles. The lowest BCUT2D eigenvalue weighted by Crippen LogP contribution is -2.58. The molecule has 3 rings (SSSR count). The van der Waals surface area contributed by atoms with E-state index in [-0.39, 0.29) is 5.91 Å². The molecule has 2 aliphatic rings. The number of amides is 2. The van der Waals surface area contributed by atoms with Crippen LogP contribution < -0.4 is 4.90 Å². The van der Waals surface area contributed by atoms with Gasteiger partial charge in [-0.25, -0.2) is 4.79 Å². The van der Waals surface area contributed by atoms with Gasteiger partial charge >= 0.3 is 6.09 Å². The van der Waals surface area contributed by atoms with E-state index in [4.69, 9.17) is 4.74 Å². The van der Waals surface area contributed by atoms with Gasteiger partial charge < -0.3 is 14.5 Å². The number of piperidine rings is 1. The summed E-state index contributed by atoms with van der Waals surface area (Å²) >= 11 is 0. The van der Waals surface area contributed by atoms with E-state index in [1.807, 2.05) is 25.7 Å². The summed E-state index contributed by atoms with van der Waals surface area (Å²) in [4.78, 5) is 38.6. The average Bonchev–Trinajstić information content (AvgIpc) is 2.73. The van der Waals surface area contributed by atoms with Crippen molar-refractivity contribution in [2.45, 2.75) is 58.2 Å². The van der Waals surface area contributed by atoms with Gasteiger partial charge in [0.15, 0.2) is 0 Å². The van der Waals surface area contributed by atoms with Gasteiger partial charge in [0.25, 0.3) is 0 Å². The molecular formula is C23H37N5O3. The summed E-state index contributed by atoms with van der Waals surface area (Å²) < 4.78 is 5.60. The summed E-state index contributed by atoms with van der Waals surface area (Å²) in [6.45, 7) is 12.7. The number of hydrogen-bond acceptors (Lipinski definition) is 6. The predicted octanol–water partition coefficient (Wildman–Crippen LogP) is 2.45. The highest BCUT2D eigenvalue weighted by molar-refractivity contribution is 5.97. The zero-order valence-electron chi connectivity index (χ0n) is 19.6. The van der Waals surface area contributed by atoms with Crippen molar-refractivity contribution in [1.29, 1.82) is 0 Å². The van der Waals surface area contributed by atoms with Crippen LogP contribution in [0.3, 0.4) is 0 Å². The number of pyridine rings is 1. The Morgan fingerprint density at radius 2 is 1.65 bits per heavy atom. The lowest BCUT2D eigenvalue weighted by atomic mass is 10.0. The fourth-order valence-corrected chi connectivity index (χ4v) is 4.35. The van der Waals surface area contributed by atoms with Crippen LogP contribution in [0.25, 0.3) is 0 Å². The third kappa shape index (κ3) is 6.17. The number of hydrogen-bond donors (Lipinski definition) is 0. The topological polar surface area (TPSA) is 69.2 Å². The highest BCUT2D eigenvalue weighted by Crippen LogP contribution is 2.23. The highest BCUT2D eigenvalue weighted by Gasteiger charge is 2.35. The second-order valence-electron chi connectivity index (χ2n) is 9.63. The first-order valence-electron chi connectivity index (χ1n) is 11.3. The number of anilines is 1. The average molecular weight is 432 g/mol. The van der Waals surface area contributed by atoms with Crippen LogP contribution in [0.5, 0.6) is 0 Å². The molecule has 0 bridgehead atoms. The minimum Gasteiger partial charge on any atom is -0.443 e. The Kier molecular flexibility index (Phi) is 7.54. The molecule has 0 aromatic carbocycles. The summed E-state index contributed by atoms with van der Waals surface area (Å²) in [6.07, 6.45) is 5.09. The first-order chi connectivity index (χ1) is 14.7. The maximum absolute atomic E-state index is 13.3. The fourth-order valence-electron chi connectivity index (χ4n) is 4.35. The summed E-state index contributed by atoms with van der Waals surface area (Å²) in [7, 11) is 2.17. The normalized spacial score (nSPS) is 20.4. The molecule has 0 unspecified atom stereocenters. The Balaban J connectivity index is 1.65. The summed E-state index contributed by atoms with van der Waals surface area (Å²) in [6, 6.07) is 3.41. The van der Waals surface area contributed by atoms with Gasteiger partial charge in [-0.3, -0.25) is 19.6 Å². The predicted molar refractivity (Wildman–Crippen MR) is 121 cm³/mol. The molecule has 0 radical (unpaired) electrons. The van der Waals surface area contributed by atoms with Crippen LogP contribution in [0, 0.1) is 0 Å². The third-order valence-electron chi connectivity index (χ3n) is 6.11. The lowest BCUT2D eigenvalue weighted by molar-refractivity contribution is -0.134. The molecule has 1 aromatic rings. The molecule has 2 aliphatic heterocycles. The van der Waals surface area contributed by atoms with E-state index in [9.17, 15) is 9.59 Å². The van der Waals surface area contributed by atoms with Gasteiger partial charge in [-0.15, -0.1) is 0 Å². The third-order valence-corrected chi connectivity index (χ3v) is 6.11. The Labute approximate surface area is 186 Å². The molecule has 8 heteroatoms. The minimum absolute atomic E-state index is 0.0503. The van der Waals surface area contributed by atoms with Gasteiger partial charge in [0, 0.05) is 44.6 Å². The molecule has 3 heterocycles. The van der Waals surface area contributed by atoms with Crippen molar-refractivity contribution in [1.82, 2.24) is 19.7 Å². The maximum atomic E-state index is 13.3. The Hall–Kier alpha value is -2.19. The number of rotatable bonds is 4. The van der Waals surface area contributed by atoms with Gasteiger partial charge in [0.05, 0.1) is 5.69 Å². The second kappa shape index (κ2) is 9.96. The molecule has 2 amide bonds. The van der Waals surface area contributed by atoms with Crippen LogP contribution in [0.2, 0.25) is 0 Å². The number of aromatic nitrogens is 1. The molecule has 0 saturated carbocycles. The molecule has 2 fully saturated rings. The first-order valence-corrected chi connectivity index (χ1v) is 11.3. The molecule has 2 saturated heterocycles. The molecule has 172 valence electrons. The zero-order chi connectivity index (χ0) is 22.6. The first kappa shape index (κ1) is 23.5. The Morgan fingerprint density at radius 3 is 2.19 bits per heavy atom. The Morgan fingerprint density at radius 1 is 1.06 bits per heavy atom. The molecule has 0 spiro atoms. The highest BCUT2D eigenvalue weighted by atomic mass is 16.6. The van der Waals surface area contributed by atoms with E-state index in [2.05, 4.69) is 21.8 Å². The van der Waals surface area contributed by atoms with Crippen LogP contribution in [-0.2, 0) is 9.53 Å². The van der Waals surface area contributed by atoms with Crippen molar-refractivity contribution in [2.75, 3.05) is 51.2 Å². The van der Waals surface area contributed by atoms with Crippen molar-refractivity contribution in [2.24, 2.45) is 0 Å². The van der Waals surface area contributed by atoms with Gasteiger partial charge in [-0.05, 0) is 72.8 Å². The van der Waals surface area contributed by atoms with E-state index >= 15 is 0 Å². The smallest absolute Gasteiger partial charge is 0.415 e. The summed E-state index contributed by atoms with van der Waals surface area (Å²) in [5.74, 6) is -0.0503. The standard InChI is InChI=1S/C23H37N5O3/c1-18(28(20-6-10-24-11-7-20)22(30)31-23(2,3)4)21(29)27-16-14-26(15-17-27)19-8-12-25(5)13-9-19/h6-7,10-11,18-19H,8-9,12-17H2,1-5H3/t18-/m1/s1. The molecule has 8 nitrogen and oxygen atoms in total.